The van der Waals surface area contributed by atoms with Crippen LogP contribution in [0.2, 0.25) is 0 Å². The molecule has 31 heavy (non-hydrogen) atoms. The molecule has 1 N–H and O–H groups in total. The molecule has 3 aromatic carbocycles. The largest absolute Gasteiger partial charge is 0.319 e. The van der Waals surface area contributed by atoms with Crippen LogP contribution in [0.25, 0.3) is 33.3 Å². The molecule has 2 aromatic heterocycles. The molecule has 2 heterocycles. The molecule has 5 rings (SSSR count). The average molecular weight is 409 g/mol. The van der Waals surface area contributed by atoms with Gasteiger partial charge < -0.3 is 4.57 Å². The van der Waals surface area contributed by atoms with Crippen molar-refractivity contribution in [3.63, 3.8) is 0 Å². The number of hydrogen-bond donors (Lipinski definition) is 1. The van der Waals surface area contributed by atoms with Gasteiger partial charge in [0.2, 0.25) is 0 Å². The summed E-state index contributed by atoms with van der Waals surface area (Å²) in [6.45, 7) is 1.88. The van der Waals surface area contributed by atoms with Gasteiger partial charge in [-0.2, -0.15) is 4.68 Å². The van der Waals surface area contributed by atoms with Crippen LogP contribution in [0.4, 0.5) is 0 Å². The van der Waals surface area contributed by atoms with E-state index in [9.17, 15) is 9.59 Å². The Bertz CT molecular complexity index is 1480. The molecule has 1 amide bonds. The average Bonchev–Trinajstić information content (AvgIpc) is 3.11. The number of fused-ring (bicyclic) bond motifs is 2. The molecule has 7 heteroatoms. The lowest BCUT2D eigenvalue weighted by molar-refractivity contribution is -0.117. The van der Waals surface area contributed by atoms with Crippen molar-refractivity contribution in [2.45, 2.75) is 13.5 Å². The summed E-state index contributed by atoms with van der Waals surface area (Å²) in [5.74, 6) is 0.760. The van der Waals surface area contributed by atoms with Crippen molar-refractivity contribution in [2.24, 2.45) is 0 Å². The molecule has 0 aliphatic carbocycles. The van der Waals surface area contributed by atoms with E-state index in [0.717, 1.165) is 22.4 Å². The standard InChI is InChI=1S/C24H19N5O2/c1-16-25-20-13-7-8-14-21(20)28(16)15-22(30)27-29-23(17-9-3-2-4-10-17)26-19-12-6-5-11-18(19)24(29)31/h2-14H,15H2,1H3,(H,27,30). The normalized spacial score (nSPS) is 11.1. The third-order valence-electron chi connectivity index (χ3n) is 5.19. The van der Waals surface area contributed by atoms with Crippen molar-refractivity contribution in [3.05, 3.63) is 95.0 Å². The van der Waals surface area contributed by atoms with E-state index < -0.39 is 0 Å². The summed E-state index contributed by atoms with van der Waals surface area (Å²) in [6, 6.07) is 24.1. The van der Waals surface area contributed by atoms with Gasteiger partial charge in [0.1, 0.15) is 12.4 Å². The van der Waals surface area contributed by atoms with Crippen molar-refractivity contribution in [3.8, 4) is 11.4 Å². The number of carbonyl (C=O) groups is 1. The van der Waals surface area contributed by atoms with Gasteiger partial charge >= 0.3 is 0 Å². The molecule has 7 nitrogen and oxygen atoms in total. The molecule has 152 valence electrons. The first kappa shape index (κ1) is 18.7. The summed E-state index contributed by atoms with van der Waals surface area (Å²) in [7, 11) is 0. The van der Waals surface area contributed by atoms with E-state index in [1.807, 2.05) is 72.2 Å². The third kappa shape index (κ3) is 3.36. The van der Waals surface area contributed by atoms with E-state index in [1.165, 1.54) is 4.68 Å². The van der Waals surface area contributed by atoms with Crippen LogP contribution in [0, 0.1) is 6.92 Å². The van der Waals surface area contributed by atoms with Crippen molar-refractivity contribution in [1.82, 2.24) is 19.2 Å². The zero-order valence-electron chi connectivity index (χ0n) is 16.8. The highest BCUT2D eigenvalue weighted by Crippen LogP contribution is 2.18. The van der Waals surface area contributed by atoms with E-state index >= 15 is 0 Å². The Morgan fingerprint density at radius 1 is 0.871 bits per heavy atom. The second-order valence-electron chi connectivity index (χ2n) is 7.23. The summed E-state index contributed by atoms with van der Waals surface area (Å²) in [5, 5.41) is 0.437. The minimum absolute atomic E-state index is 0.0276. The second-order valence-corrected chi connectivity index (χ2v) is 7.23. The van der Waals surface area contributed by atoms with Crippen molar-refractivity contribution in [1.29, 1.82) is 0 Å². The van der Waals surface area contributed by atoms with Gasteiger partial charge in [0.25, 0.3) is 11.5 Å². The van der Waals surface area contributed by atoms with Gasteiger partial charge in [-0.3, -0.25) is 15.0 Å². The number of aryl methyl sites for hydroxylation is 1. The number of amides is 1. The van der Waals surface area contributed by atoms with Gasteiger partial charge in [-0.25, -0.2) is 9.97 Å². The Morgan fingerprint density at radius 3 is 2.35 bits per heavy atom. The summed E-state index contributed by atoms with van der Waals surface area (Å²) in [6.07, 6.45) is 0. The van der Waals surface area contributed by atoms with Crippen molar-refractivity contribution < 1.29 is 4.79 Å². The molecule has 0 unspecified atom stereocenters. The molecule has 0 radical (unpaired) electrons. The second kappa shape index (κ2) is 7.53. The number of imidazole rings is 1. The van der Waals surface area contributed by atoms with Crippen LogP contribution in [0.1, 0.15) is 5.82 Å². The van der Waals surface area contributed by atoms with E-state index in [4.69, 9.17) is 0 Å². The number of nitrogens with zero attached hydrogens (tertiary/aromatic N) is 4. The Morgan fingerprint density at radius 2 is 1.55 bits per heavy atom. The molecule has 5 aromatic rings. The molecule has 0 aliphatic rings. The number of rotatable bonds is 4. The lowest BCUT2D eigenvalue weighted by Crippen LogP contribution is -2.36. The number of para-hydroxylation sites is 3. The lowest BCUT2D eigenvalue weighted by Gasteiger charge is -2.15. The molecular formula is C24H19N5O2. The summed E-state index contributed by atoms with van der Waals surface area (Å²) < 4.78 is 3.06. The van der Waals surface area contributed by atoms with Crippen molar-refractivity contribution in [2.75, 3.05) is 5.43 Å². The van der Waals surface area contributed by atoms with E-state index in [1.54, 1.807) is 18.2 Å². The minimum Gasteiger partial charge on any atom is -0.319 e. The fraction of sp³-hybridized carbons (Fsp3) is 0.0833. The van der Waals surface area contributed by atoms with E-state index in [-0.39, 0.29) is 18.0 Å². The number of carbonyl (C=O) groups excluding carboxylic acids is 1. The van der Waals surface area contributed by atoms with Crippen LogP contribution in [0.15, 0.2) is 83.7 Å². The monoisotopic (exact) mass is 409 g/mol. The van der Waals surface area contributed by atoms with Gasteiger partial charge in [0.05, 0.1) is 21.9 Å². The minimum atomic E-state index is -0.345. The summed E-state index contributed by atoms with van der Waals surface area (Å²) in [4.78, 5) is 35.4. The lowest BCUT2D eigenvalue weighted by atomic mass is 10.2. The molecule has 0 atom stereocenters. The highest BCUT2D eigenvalue weighted by molar-refractivity contribution is 5.87. The Labute approximate surface area is 177 Å². The maximum Gasteiger partial charge on any atom is 0.280 e. The maximum absolute atomic E-state index is 13.2. The Kier molecular flexibility index (Phi) is 4.55. The van der Waals surface area contributed by atoms with E-state index in [2.05, 4.69) is 15.4 Å². The van der Waals surface area contributed by atoms with Crippen LogP contribution >= 0.6 is 0 Å². The van der Waals surface area contributed by atoms with Crippen molar-refractivity contribution >= 4 is 27.8 Å². The SMILES string of the molecule is Cc1nc2ccccc2n1CC(=O)Nn1c(-c2ccccc2)nc2ccccc2c1=O. The first-order valence-electron chi connectivity index (χ1n) is 9.91. The number of aromatic nitrogens is 4. The first-order chi connectivity index (χ1) is 15.1. The first-order valence-corrected chi connectivity index (χ1v) is 9.91. The summed E-state index contributed by atoms with van der Waals surface area (Å²) >= 11 is 0. The fourth-order valence-corrected chi connectivity index (χ4v) is 3.72. The van der Waals surface area contributed by atoms with Gasteiger partial charge in [0.15, 0.2) is 5.82 Å². The highest BCUT2D eigenvalue weighted by atomic mass is 16.2. The van der Waals surface area contributed by atoms with Crippen LogP contribution < -0.4 is 11.0 Å². The smallest absolute Gasteiger partial charge is 0.280 e. The predicted molar refractivity (Wildman–Crippen MR) is 120 cm³/mol. The van der Waals surface area contributed by atoms with E-state index in [0.29, 0.717) is 16.7 Å². The Hall–Kier alpha value is -4.26. The Balaban J connectivity index is 1.58. The highest BCUT2D eigenvalue weighted by Gasteiger charge is 2.16. The van der Waals surface area contributed by atoms with Gasteiger partial charge in [-0.05, 0) is 31.2 Å². The van der Waals surface area contributed by atoms with Gasteiger partial charge in [-0.15, -0.1) is 0 Å². The van der Waals surface area contributed by atoms with Gasteiger partial charge in [-0.1, -0.05) is 54.6 Å². The predicted octanol–water partition coefficient (Wildman–Crippen LogP) is 3.49. The molecular weight excluding hydrogens is 390 g/mol. The fourth-order valence-electron chi connectivity index (χ4n) is 3.72. The molecule has 0 fully saturated rings. The molecule has 0 bridgehead atoms. The number of benzene rings is 3. The zero-order chi connectivity index (χ0) is 21.4. The zero-order valence-corrected chi connectivity index (χ0v) is 16.8. The van der Waals surface area contributed by atoms with Crippen LogP contribution in [0.5, 0.6) is 0 Å². The summed E-state index contributed by atoms with van der Waals surface area (Å²) in [5.41, 5.74) is 5.42. The van der Waals surface area contributed by atoms with Gasteiger partial charge in [0, 0.05) is 5.56 Å². The number of hydrogen-bond acceptors (Lipinski definition) is 4. The molecule has 0 saturated carbocycles. The quantitative estimate of drug-likeness (QED) is 0.493. The molecule has 0 saturated heterocycles. The molecule has 0 spiro atoms. The molecule has 0 aliphatic heterocycles. The van der Waals surface area contributed by atoms with Crippen LogP contribution in [0.3, 0.4) is 0 Å². The van der Waals surface area contributed by atoms with Crippen LogP contribution in [-0.2, 0) is 11.3 Å². The number of nitrogens with one attached hydrogen (secondary N) is 1. The topological polar surface area (TPSA) is 81.8 Å². The third-order valence-corrected chi connectivity index (χ3v) is 5.19. The van der Waals surface area contributed by atoms with Crippen LogP contribution in [-0.4, -0.2) is 25.1 Å². The maximum atomic E-state index is 13.2.